The maximum Gasteiger partial charge on any atom is 0.255 e. The maximum atomic E-state index is 13.5. The average Bonchev–Trinajstić information content (AvgIpc) is 3.24. The predicted octanol–water partition coefficient (Wildman–Crippen LogP) is 3.71. The van der Waals surface area contributed by atoms with Crippen molar-refractivity contribution in [2.45, 2.75) is 26.8 Å². The standard InChI is InChI=1S/C23H25N5O4/c1-4-31-18-9-7-6-8-16(18)27-22(30)20-14(3)26-23-24-13-25-28(23)21(20)15-10-11-17(29)19(12-15)32-5-2/h6-13,21,29H,4-5H2,1-3H3,(H,27,30)(H,24,25,26)/t21-/m1/s1. The molecule has 4 rings (SSSR count). The second-order valence-electron chi connectivity index (χ2n) is 7.14. The average molecular weight is 435 g/mol. The summed E-state index contributed by atoms with van der Waals surface area (Å²) in [6.45, 7) is 6.42. The Kier molecular flexibility index (Phi) is 5.98. The van der Waals surface area contributed by atoms with E-state index in [0.717, 1.165) is 5.56 Å². The van der Waals surface area contributed by atoms with Crippen LogP contribution in [0.1, 0.15) is 32.4 Å². The van der Waals surface area contributed by atoms with Gasteiger partial charge in [0.1, 0.15) is 18.1 Å². The number of phenolic OH excluding ortho intramolecular Hbond substituents is 1. The molecular weight excluding hydrogens is 410 g/mol. The summed E-state index contributed by atoms with van der Waals surface area (Å²) < 4.78 is 12.8. The molecule has 2 heterocycles. The number of aromatic hydroxyl groups is 1. The van der Waals surface area contributed by atoms with Crippen LogP contribution >= 0.6 is 0 Å². The Labute approximate surface area is 185 Å². The lowest BCUT2D eigenvalue weighted by atomic mass is 9.94. The van der Waals surface area contributed by atoms with Crippen molar-refractivity contribution in [1.29, 1.82) is 0 Å². The fourth-order valence-electron chi connectivity index (χ4n) is 3.71. The number of amides is 1. The largest absolute Gasteiger partial charge is 0.504 e. The van der Waals surface area contributed by atoms with Crippen molar-refractivity contribution in [2.75, 3.05) is 23.8 Å². The Hall–Kier alpha value is -4.01. The monoisotopic (exact) mass is 435 g/mol. The number of carbonyl (C=O) groups is 1. The molecule has 0 saturated carbocycles. The van der Waals surface area contributed by atoms with Gasteiger partial charge in [0.05, 0.1) is 24.5 Å². The van der Waals surface area contributed by atoms with Gasteiger partial charge in [-0.25, -0.2) is 4.68 Å². The van der Waals surface area contributed by atoms with Crippen molar-refractivity contribution in [3.05, 3.63) is 65.6 Å². The number of para-hydroxylation sites is 2. The summed E-state index contributed by atoms with van der Waals surface area (Å²) in [5.74, 6) is 1.17. The van der Waals surface area contributed by atoms with E-state index in [4.69, 9.17) is 9.47 Å². The van der Waals surface area contributed by atoms with Gasteiger partial charge < -0.3 is 25.2 Å². The van der Waals surface area contributed by atoms with Gasteiger partial charge in [0.2, 0.25) is 5.95 Å². The molecule has 0 fully saturated rings. The minimum Gasteiger partial charge on any atom is -0.504 e. The van der Waals surface area contributed by atoms with E-state index in [1.54, 1.807) is 35.0 Å². The van der Waals surface area contributed by atoms with Crippen LogP contribution in [0, 0.1) is 0 Å². The van der Waals surface area contributed by atoms with E-state index in [0.29, 0.717) is 47.6 Å². The summed E-state index contributed by atoms with van der Waals surface area (Å²) in [6.07, 6.45) is 1.43. The van der Waals surface area contributed by atoms with Crippen molar-refractivity contribution in [1.82, 2.24) is 14.8 Å². The van der Waals surface area contributed by atoms with E-state index in [2.05, 4.69) is 20.7 Å². The Balaban J connectivity index is 1.76. The van der Waals surface area contributed by atoms with Gasteiger partial charge in [0.25, 0.3) is 5.91 Å². The summed E-state index contributed by atoms with van der Waals surface area (Å²) >= 11 is 0. The number of phenols is 1. The molecular formula is C23H25N5O4. The number of fused-ring (bicyclic) bond motifs is 1. The Morgan fingerprint density at radius 3 is 2.69 bits per heavy atom. The van der Waals surface area contributed by atoms with Gasteiger partial charge >= 0.3 is 0 Å². The molecule has 2 aromatic carbocycles. The molecule has 0 radical (unpaired) electrons. The van der Waals surface area contributed by atoms with Crippen LogP contribution in [0.4, 0.5) is 11.6 Å². The third kappa shape index (κ3) is 3.96. The molecule has 9 nitrogen and oxygen atoms in total. The van der Waals surface area contributed by atoms with Crippen LogP contribution in [-0.4, -0.2) is 39.0 Å². The van der Waals surface area contributed by atoms with E-state index in [1.165, 1.54) is 6.33 Å². The van der Waals surface area contributed by atoms with Crippen molar-refractivity contribution >= 4 is 17.5 Å². The van der Waals surface area contributed by atoms with Gasteiger partial charge in [-0.2, -0.15) is 10.1 Å². The second-order valence-corrected chi connectivity index (χ2v) is 7.14. The number of aromatic nitrogens is 3. The summed E-state index contributed by atoms with van der Waals surface area (Å²) in [6, 6.07) is 11.7. The maximum absolute atomic E-state index is 13.5. The van der Waals surface area contributed by atoms with Crippen molar-refractivity contribution in [3.63, 3.8) is 0 Å². The van der Waals surface area contributed by atoms with Gasteiger partial charge in [0.15, 0.2) is 11.5 Å². The van der Waals surface area contributed by atoms with Crippen LogP contribution in [0.2, 0.25) is 0 Å². The number of anilines is 2. The number of ether oxygens (including phenoxy) is 2. The molecule has 0 unspecified atom stereocenters. The molecule has 1 atom stereocenters. The lowest BCUT2D eigenvalue weighted by Gasteiger charge is -2.29. The molecule has 0 bridgehead atoms. The number of hydrogen-bond donors (Lipinski definition) is 3. The van der Waals surface area contributed by atoms with Gasteiger partial charge in [-0.15, -0.1) is 0 Å². The first-order valence-electron chi connectivity index (χ1n) is 10.4. The lowest BCUT2D eigenvalue weighted by Crippen LogP contribution is -2.31. The minimum absolute atomic E-state index is 0.0284. The zero-order valence-corrected chi connectivity index (χ0v) is 18.1. The summed E-state index contributed by atoms with van der Waals surface area (Å²) in [7, 11) is 0. The SMILES string of the molecule is CCOc1cc([C@@H]2C(C(=O)Nc3ccccc3OCC)=C(C)Nc3ncnn32)ccc1O. The number of hydrogen-bond acceptors (Lipinski definition) is 7. The number of benzene rings is 2. The highest BCUT2D eigenvalue weighted by Gasteiger charge is 2.34. The van der Waals surface area contributed by atoms with Crippen LogP contribution in [0.25, 0.3) is 0 Å². The van der Waals surface area contributed by atoms with Gasteiger partial charge in [-0.05, 0) is 50.6 Å². The molecule has 1 aromatic heterocycles. The Morgan fingerprint density at radius 1 is 1.16 bits per heavy atom. The summed E-state index contributed by atoms with van der Waals surface area (Å²) in [5, 5.41) is 20.6. The highest BCUT2D eigenvalue weighted by molar-refractivity contribution is 6.06. The first-order valence-corrected chi connectivity index (χ1v) is 10.4. The first-order chi connectivity index (χ1) is 15.5. The first kappa shape index (κ1) is 21.2. The van der Waals surface area contributed by atoms with Crippen molar-refractivity contribution in [2.24, 2.45) is 0 Å². The van der Waals surface area contributed by atoms with Gasteiger partial charge in [-0.1, -0.05) is 18.2 Å². The normalized spacial score (nSPS) is 15.0. The summed E-state index contributed by atoms with van der Waals surface area (Å²) in [5.41, 5.74) is 2.40. The highest BCUT2D eigenvalue weighted by Crippen LogP contribution is 2.39. The molecule has 1 aliphatic rings. The molecule has 166 valence electrons. The molecule has 0 saturated heterocycles. The third-order valence-electron chi connectivity index (χ3n) is 5.07. The van der Waals surface area contributed by atoms with E-state index in [1.807, 2.05) is 32.9 Å². The molecule has 3 aromatic rings. The predicted molar refractivity (Wildman–Crippen MR) is 120 cm³/mol. The van der Waals surface area contributed by atoms with Gasteiger partial charge in [0, 0.05) is 5.70 Å². The van der Waals surface area contributed by atoms with Crippen LogP contribution in [-0.2, 0) is 4.79 Å². The number of allylic oxidation sites excluding steroid dienone is 1. The smallest absolute Gasteiger partial charge is 0.255 e. The lowest BCUT2D eigenvalue weighted by molar-refractivity contribution is -0.113. The van der Waals surface area contributed by atoms with E-state index < -0.39 is 6.04 Å². The van der Waals surface area contributed by atoms with E-state index >= 15 is 0 Å². The zero-order valence-electron chi connectivity index (χ0n) is 18.1. The Morgan fingerprint density at radius 2 is 1.91 bits per heavy atom. The summed E-state index contributed by atoms with van der Waals surface area (Å²) in [4.78, 5) is 17.8. The second kappa shape index (κ2) is 9.01. The van der Waals surface area contributed by atoms with Crippen LogP contribution in [0.15, 0.2) is 60.1 Å². The molecule has 0 aliphatic carbocycles. The third-order valence-corrected chi connectivity index (χ3v) is 5.07. The number of carbonyl (C=O) groups excluding carboxylic acids is 1. The van der Waals surface area contributed by atoms with Crippen molar-refractivity contribution < 1.29 is 19.4 Å². The number of rotatable bonds is 7. The van der Waals surface area contributed by atoms with Crippen molar-refractivity contribution in [3.8, 4) is 17.2 Å². The fourth-order valence-corrected chi connectivity index (χ4v) is 3.71. The quantitative estimate of drug-likeness (QED) is 0.519. The molecule has 3 N–H and O–H groups in total. The number of nitrogens with zero attached hydrogens (tertiary/aromatic N) is 3. The van der Waals surface area contributed by atoms with E-state index in [9.17, 15) is 9.90 Å². The van der Waals surface area contributed by atoms with Gasteiger partial charge in [-0.3, -0.25) is 4.79 Å². The van der Waals surface area contributed by atoms with E-state index in [-0.39, 0.29) is 11.7 Å². The molecule has 1 aliphatic heterocycles. The highest BCUT2D eigenvalue weighted by atomic mass is 16.5. The topological polar surface area (TPSA) is 111 Å². The molecule has 32 heavy (non-hydrogen) atoms. The fraction of sp³-hybridized carbons (Fsp3) is 0.261. The molecule has 1 amide bonds. The van der Waals surface area contributed by atoms with Crippen LogP contribution in [0.3, 0.4) is 0 Å². The zero-order chi connectivity index (χ0) is 22.7. The van der Waals surface area contributed by atoms with Crippen LogP contribution in [0.5, 0.6) is 17.2 Å². The molecule has 0 spiro atoms. The van der Waals surface area contributed by atoms with Crippen LogP contribution < -0.4 is 20.1 Å². The Bertz CT molecular complexity index is 1170. The molecule has 9 heteroatoms. The minimum atomic E-state index is -0.576. The number of nitrogens with one attached hydrogen (secondary N) is 2.